The van der Waals surface area contributed by atoms with E-state index in [0.29, 0.717) is 28.6 Å². The van der Waals surface area contributed by atoms with E-state index in [2.05, 4.69) is 15.6 Å². The smallest absolute Gasteiger partial charge is 0.270 e. The molecule has 0 aliphatic carbocycles. The van der Waals surface area contributed by atoms with E-state index in [4.69, 9.17) is 18.9 Å². The lowest BCUT2D eigenvalue weighted by atomic mass is 10.1. The van der Waals surface area contributed by atoms with E-state index >= 15 is 0 Å². The first kappa shape index (κ1) is 24.4. The second-order valence-corrected chi connectivity index (χ2v) is 7.10. The van der Waals surface area contributed by atoms with Crippen LogP contribution in [0.25, 0.3) is 0 Å². The average Bonchev–Trinajstić information content (AvgIpc) is 2.89. The van der Waals surface area contributed by atoms with Crippen LogP contribution in [0.1, 0.15) is 32.0 Å². The number of carbonyl (C=O) groups excluding carboxylic acids is 2. The molecule has 0 unspecified atom stereocenters. The van der Waals surface area contributed by atoms with Crippen LogP contribution in [0.4, 0.5) is 0 Å². The zero-order valence-corrected chi connectivity index (χ0v) is 19.5. The van der Waals surface area contributed by atoms with Crippen molar-refractivity contribution in [2.45, 2.75) is 13.1 Å². The number of hydrogen-bond donors (Lipinski definition) is 2. The molecule has 9 nitrogen and oxygen atoms in total. The van der Waals surface area contributed by atoms with Crippen molar-refractivity contribution in [1.82, 2.24) is 15.6 Å². The van der Waals surface area contributed by atoms with Gasteiger partial charge in [0.15, 0.2) is 23.0 Å². The van der Waals surface area contributed by atoms with Crippen molar-refractivity contribution < 1.29 is 28.5 Å². The maximum absolute atomic E-state index is 12.7. The fourth-order valence-corrected chi connectivity index (χ4v) is 3.43. The lowest BCUT2D eigenvalue weighted by Gasteiger charge is -2.14. The van der Waals surface area contributed by atoms with E-state index in [1.165, 1.54) is 26.5 Å². The van der Waals surface area contributed by atoms with Crippen molar-refractivity contribution in [3.8, 4) is 23.0 Å². The van der Waals surface area contributed by atoms with E-state index in [9.17, 15) is 9.59 Å². The summed E-state index contributed by atoms with van der Waals surface area (Å²) in [5.41, 5.74) is 1.93. The van der Waals surface area contributed by atoms with Crippen molar-refractivity contribution >= 4 is 11.8 Å². The molecule has 2 aromatic carbocycles. The molecule has 0 radical (unpaired) electrons. The lowest BCUT2D eigenvalue weighted by Crippen LogP contribution is -2.26. The molecule has 1 heterocycles. The Balaban J connectivity index is 1.67. The fraction of sp³-hybridized carbons (Fsp3) is 0.240. The van der Waals surface area contributed by atoms with Crippen molar-refractivity contribution in [1.29, 1.82) is 0 Å². The SMILES string of the molecule is COc1cccc(CNC(=O)c2ccnc(C(=O)NCc3cccc(OC)c3OC)c2)c1OC. The third kappa shape index (κ3) is 5.55. The van der Waals surface area contributed by atoms with Crippen molar-refractivity contribution in [3.05, 3.63) is 77.1 Å². The molecule has 0 spiro atoms. The van der Waals surface area contributed by atoms with Gasteiger partial charge in [0.2, 0.25) is 0 Å². The minimum atomic E-state index is -0.422. The van der Waals surface area contributed by atoms with Crippen molar-refractivity contribution in [2.24, 2.45) is 0 Å². The van der Waals surface area contributed by atoms with Gasteiger partial charge in [0.05, 0.1) is 28.4 Å². The molecule has 0 bridgehead atoms. The summed E-state index contributed by atoms with van der Waals surface area (Å²) < 4.78 is 21.4. The van der Waals surface area contributed by atoms with Crippen LogP contribution in [-0.2, 0) is 13.1 Å². The predicted molar refractivity (Wildman–Crippen MR) is 126 cm³/mol. The van der Waals surface area contributed by atoms with Crippen LogP contribution in [-0.4, -0.2) is 45.2 Å². The first-order valence-corrected chi connectivity index (χ1v) is 10.4. The summed E-state index contributed by atoms with van der Waals surface area (Å²) in [7, 11) is 6.17. The van der Waals surface area contributed by atoms with Crippen LogP contribution in [0.3, 0.4) is 0 Å². The zero-order chi connectivity index (χ0) is 24.5. The highest BCUT2D eigenvalue weighted by atomic mass is 16.5. The highest BCUT2D eigenvalue weighted by Crippen LogP contribution is 2.31. The lowest BCUT2D eigenvalue weighted by molar-refractivity contribution is 0.0945. The number of aromatic nitrogens is 1. The number of benzene rings is 2. The van der Waals surface area contributed by atoms with Crippen LogP contribution >= 0.6 is 0 Å². The molecule has 2 amide bonds. The molecule has 0 saturated heterocycles. The van der Waals surface area contributed by atoms with E-state index < -0.39 is 5.91 Å². The van der Waals surface area contributed by atoms with Crippen LogP contribution in [0.2, 0.25) is 0 Å². The average molecular weight is 466 g/mol. The van der Waals surface area contributed by atoms with Gasteiger partial charge in [-0.1, -0.05) is 24.3 Å². The maximum Gasteiger partial charge on any atom is 0.270 e. The van der Waals surface area contributed by atoms with Gasteiger partial charge in [-0.3, -0.25) is 14.6 Å². The molecule has 1 aromatic heterocycles. The van der Waals surface area contributed by atoms with Crippen LogP contribution < -0.4 is 29.6 Å². The molecule has 178 valence electrons. The monoisotopic (exact) mass is 465 g/mol. The minimum absolute atomic E-state index is 0.119. The zero-order valence-electron chi connectivity index (χ0n) is 19.5. The van der Waals surface area contributed by atoms with Crippen molar-refractivity contribution in [3.63, 3.8) is 0 Å². The third-order valence-electron chi connectivity index (χ3n) is 5.10. The first-order valence-electron chi connectivity index (χ1n) is 10.4. The molecule has 0 aliphatic heterocycles. The van der Waals surface area contributed by atoms with Gasteiger partial charge in [0.1, 0.15) is 5.69 Å². The maximum atomic E-state index is 12.7. The highest BCUT2D eigenvalue weighted by Gasteiger charge is 2.15. The Morgan fingerprint density at radius 2 is 1.26 bits per heavy atom. The van der Waals surface area contributed by atoms with Crippen LogP contribution in [0.15, 0.2) is 54.7 Å². The van der Waals surface area contributed by atoms with Gasteiger partial charge in [0.25, 0.3) is 11.8 Å². The summed E-state index contributed by atoms with van der Waals surface area (Å²) in [4.78, 5) is 29.5. The second kappa shape index (κ2) is 11.6. The normalized spacial score (nSPS) is 10.2. The number of amides is 2. The molecule has 2 N–H and O–H groups in total. The molecule has 0 aliphatic rings. The van der Waals surface area contributed by atoms with Crippen LogP contribution in [0.5, 0.6) is 23.0 Å². The number of para-hydroxylation sites is 2. The summed E-state index contributed by atoms with van der Waals surface area (Å²) in [6.07, 6.45) is 1.42. The highest BCUT2D eigenvalue weighted by molar-refractivity contribution is 5.98. The third-order valence-corrected chi connectivity index (χ3v) is 5.10. The number of hydrogen-bond acceptors (Lipinski definition) is 7. The minimum Gasteiger partial charge on any atom is -0.493 e. The Hall–Kier alpha value is -4.27. The van der Waals surface area contributed by atoms with Gasteiger partial charge < -0.3 is 29.6 Å². The van der Waals surface area contributed by atoms with Gasteiger partial charge in [0, 0.05) is 36.0 Å². The molecule has 0 saturated carbocycles. The van der Waals surface area contributed by atoms with Gasteiger partial charge in [-0.2, -0.15) is 0 Å². The molecule has 34 heavy (non-hydrogen) atoms. The number of pyridine rings is 1. The van der Waals surface area contributed by atoms with Gasteiger partial charge in [-0.05, 0) is 24.3 Å². The standard InChI is InChI=1S/C25H27N3O6/c1-31-20-9-5-7-17(22(20)33-3)14-27-24(29)16-11-12-26-19(13-16)25(30)28-15-18-8-6-10-21(32-2)23(18)34-4/h5-13H,14-15H2,1-4H3,(H,27,29)(H,28,30). The molecular weight excluding hydrogens is 438 g/mol. The second-order valence-electron chi connectivity index (χ2n) is 7.10. The topological polar surface area (TPSA) is 108 Å². The van der Waals surface area contributed by atoms with Gasteiger partial charge in [-0.25, -0.2) is 0 Å². The summed E-state index contributed by atoms with van der Waals surface area (Å²) in [6.45, 7) is 0.422. The number of methoxy groups -OCH3 is 4. The molecular formula is C25H27N3O6. The first-order chi connectivity index (χ1) is 16.5. The fourth-order valence-electron chi connectivity index (χ4n) is 3.43. The quantitative estimate of drug-likeness (QED) is 0.474. The number of ether oxygens (including phenoxy) is 4. The molecule has 3 aromatic rings. The number of nitrogens with one attached hydrogen (secondary N) is 2. The number of carbonyl (C=O) groups is 2. The summed E-state index contributed by atoms with van der Waals surface area (Å²) >= 11 is 0. The van der Waals surface area contributed by atoms with Crippen LogP contribution in [0, 0.1) is 0 Å². The van der Waals surface area contributed by atoms with Gasteiger partial charge >= 0.3 is 0 Å². The summed E-state index contributed by atoms with van der Waals surface area (Å²) in [5, 5.41) is 5.62. The summed E-state index contributed by atoms with van der Waals surface area (Å²) in [6, 6.07) is 13.8. The molecule has 0 fully saturated rings. The largest absolute Gasteiger partial charge is 0.493 e. The van der Waals surface area contributed by atoms with E-state index in [1.54, 1.807) is 32.4 Å². The van der Waals surface area contributed by atoms with E-state index in [-0.39, 0.29) is 24.7 Å². The molecule has 9 heteroatoms. The molecule has 3 rings (SSSR count). The van der Waals surface area contributed by atoms with Gasteiger partial charge in [-0.15, -0.1) is 0 Å². The summed E-state index contributed by atoms with van der Waals surface area (Å²) in [5.74, 6) is 1.46. The Morgan fingerprint density at radius 3 is 1.76 bits per heavy atom. The Morgan fingerprint density at radius 1 is 0.735 bits per heavy atom. The Kier molecular flexibility index (Phi) is 8.28. The van der Waals surface area contributed by atoms with E-state index in [0.717, 1.165) is 11.1 Å². The number of rotatable bonds is 10. The van der Waals surface area contributed by atoms with E-state index in [1.807, 2.05) is 24.3 Å². The van der Waals surface area contributed by atoms with Crippen molar-refractivity contribution in [2.75, 3.05) is 28.4 Å². The number of nitrogens with zero attached hydrogens (tertiary/aromatic N) is 1. The predicted octanol–water partition coefficient (Wildman–Crippen LogP) is 2.98. The Bertz CT molecular complexity index is 1080. The molecule has 0 atom stereocenters. The Labute approximate surface area is 198 Å².